The van der Waals surface area contributed by atoms with Crippen LogP contribution in [0.4, 0.5) is 5.69 Å². The van der Waals surface area contributed by atoms with Crippen LogP contribution in [0.1, 0.15) is 19.8 Å². The summed E-state index contributed by atoms with van der Waals surface area (Å²) in [6.07, 6.45) is 3.07. The van der Waals surface area contributed by atoms with E-state index in [1.165, 1.54) is 0 Å². The van der Waals surface area contributed by atoms with E-state index in [-0.39, 0.29) is 5.75 Å². The van der Waals surface area contributed by atoms with E-state index in [0.29, 0.717) is 12.1 Å². The molecule has 0 saturated carbocycles. The summed E-state index contributed by atoms with van der Waals surface area (Å²) in [5.41, 5.74) is 1.37. The third-order valence-electron chi connectivity index (χ3n) is 2.63. The van der Waals surface area contributed by atoms with Gasteiger partial charge in [-0.3, -0.25) is 9.71 Å². The van der Waals surface area contributed by atoms with Gasteiger partial charge < -0.3 is 0 Å². The quantitative estimate of drug-likeness (QED) is 0.903. The molecule has 18 heavy (non-hydrogen) atoms. The third kappa shape index (κ3) is 3.20. The second-order valence-electron chi connectivity index (χ2n) is 4.19. The number of nitrogens with zero attached hydrogens (tertiary/aromatic N) is 1. The number of anilines is 1. The molecule has 5 heteroatoms. The summed E-state index contributed by atoms with van der Waals surface area (Å²) in [4.78, 5) is 4.22. The average Bonchev–Trinajstić information content (AvgIpc) is 2.36. The van der Waals surface area contributed by atoms with Crippen molar-refractivity contribution in [2.45, 2.75) is 19.8 Å². The predicted octanol–water partition coefficient (Wildman–Crippen LogP) is 2.78. The van der Waals surface area contributed by atoms with E-state index >= 15 is 0 Å². The van der Waals surface area contributed by atoms with Crippen molar-refractivity contribution < 1.29 is 8.42 Å². The zero-order chi connectivity index (χ0) is 13.0. The molecule has 0 atom stereocenters. The SMILES string of the molecule is CCCCS(=O)(=O)Nc1cnc2ccccc2c1. The van der Waals surface area contributed by atoms with Crippen LogP contribution in [-0.2, 0) is 10.0 Å². The molecule has 2 aromatic rings. The number of unbranched alkanes of at least 4 members (excludes halogenated alkanes) is 1. The van der Waals surface area contributed by atoms with E-state index in [1.54, 1.807) is 12.3 Å². The Labute approximate surface area is 107 Å². The van der Waals surface area contributed by atoms with Crippen molar-refractivity contribution in [1.29, 1.82) is 0 Å². The lowest BCUT2D eigenvalue weighted by molar-refractivity contribution is 0.598. The summed E-state index contributed by atoms with van der Waals surface area (Å²) in [6.45, 7) is 1.97. The maximum atomic E-state index is 11.8. The Bertz CT molecular complexity index is 638. The van der Waals surface area contributed by atoms with Gasteiger partial charge in [0.15, 0.2) is 0 Å². The van der Waals surface area contributed by atoms with Gasteiger partial charge in [-0.15, -0.1) is 0 Å². The first-order valence-electron chi connectivity index (χ1n) is 5.96. The molecular weight excluding hydrogens is 248 g/mol. The largest absolute Gasteiger partial charge is 0.282 e. The Kier molecular flexibility index (Phi) is 3.81. The zero-order valence-corrected chi connectivity index (χ0v) is 11.1. The maximum absolute atomic E-state index is 11.8. The maximum Gasteiger partial charge on any atom is 0.232 e. The molecule has 0 unspecified atom stereocenters. The molecule has 0 aliphatic rings. The molecule has 1 N–H and O–H groups in total. The molecule has 0 bridgehead atoms. The lowest BCUT2D eigenvalue weighted by Gasteiger charge is -2.07. The Morgan fingerprint density at radius 1 is 1.28 bits per heavy atom. The van der Waals surface area contributed by atoms with Crippen molar-refractivity contribution in [3.05, 3.63) is 36.5 Å². The highest BCUT2D eigenvalue weighted by Gasteiger charge is 2.09. The van der Waals surface area contributed by atoms with E-state index in [1.807, 2.05) is 31.2 Å². The first-order valence-corrected chi connectivity index (χ1v) is 7.61. The highest BCUT2D eigenvalue weighted by atomic mass is 32.2. The smallest absolute Gasteiger partial charge is 0.232 e. The Morgan fingerprint density at radius 3 is 2.83 bits per heavy atom. The Morgan fingerprint density at radius 2 is 2.06 bits per heavy atom. The van der Waals surface area contributed by atoms with Crippen LogP contribution in [-0.4, -0.2) is 19.2 Å². The number of hydrogen-bond donors (Lipinski definition) is 1. The third-order valence-corrected chi connectivity index (χ3v) is 4.00. The molecule has 4 nitrogen and oxygen atoms in total. The second kappa shape index (κ2) is 5.35. The van der Waals surface area contributed by atoms with Crippen molar-refractivity contribution >= 4 is 26.6 Å². The highest BCUT2D eigenvalue weighted by Crippen LogP contribution is 2.17. The van der Waals surface area contributed by atoms with Gasteiger partial charge in [-0.2, -0.15) is 0 Å². The molecule has 0 aliphatic heterocycles. The van der Waals surface area contributed by atoms with Crippen LogP contribution in [0.15, 0.2) is 36.5 Å². The summed E-state index contributed by atoms with van der Waals surface area (Å²) >= 11 is 0. The molecule has 0 saturated heterocycles. The van der Waals surface area contributed by atoms with Crippen molar-refractivity contribution in [3.63, 3.8) is 0 Å². The van der Waals surface area contributed by atoms with Crippen molar-refractivity contribution in [2.75, 3.05) is 10.5 Å². The normalized spacial score (nSPS) is 11.6. The van der Waals surface area contributed by atoms with Crippen LogP contribution in [0, 0.1) is 0 Å². The number of fused-ring (bicyclic) bond motifs is 1. The lowest BCUT2D eigenvalue weighted by Crippen LogP contribution is -2.16. The average molecular weight is 264 g/mol. The molecule has 0 amide bonds. The van der Waals surface area contributed by atoms with Crippen molar-refractivity contribution in [1.82, 2.24) is 4.98 Å². The minimum Gasteiger partial charge on any atom is -0.282 e. The number of sulfonamides is 1. The van der Waals surface area contributed by atoms with Crippen LogP contribution < -0.4 is 4.72 Å². The van der Waals surface area contributed by atoms with Gasteiger partial charge in [-0.25, -0.2) is 8.42 Å². The molecular formula is C13H16N2O2S. The summed E-state index contributed by atoms with van der Waals surface area (Å²) in [6, 6.07) is 9.41. The van der Waals surface area contributed by atoms with E-state index in [4.69, 9.17) is 0 Å². The number of pyridine rings is 1. The van der Waals surface area contributed by atoms with Gasteiger partial charge in [-0.05, 0) is 18.6 Å². The first-order chi connectivity index (χ1) is 8.61. The fraction of sp³-hybridized carbons (Fsp3) is 0.308. The topological polar surface area (TPSA) is 59.1 Å². The minimum absolute atomic E-state index is 0.149. The number of hydrogen-bond acceptors (Lipinski definition) is 3. The van der Waals surface area contributed by atoms with E-state index in [2.05, 4.69) is 9.71 Å². The standard InChI is InChI=1S/C13H16N2O2S/c1-2-3-8-18(16,17)15-12-9-11-6-4-5-7-13(11)14-10-12/h4-7,9-10,15H,2-3,8H2,1H3. The van der Waals surface area contributed by atoms with Gasteiger partial charge in [0.2, 0.25) is 10.0 Å². The predicted molar refractivity (Wildman–Crippen MR) is 74.1 cm³/mol. The van der Waals surface area contributed by atoms with Gasteiger partial charge in [-0.1, -0.05) is 31.5 Å². The van der Waals surface area contributed by atoms with Crippen LogP contribution in [0.5, 0.6) is 0 Å². The van der Waals surface area contributed by atoms with Crippen molar-refractivity contribution in [2.24, 2.45) is 0 Å². The molecule has 1 aromatic heterocycles. The second-order valence-corrected chi connectivity index (χ2v) is 6.03. The molecule has 96 valence electrons. The van der Waals surface area contributed by atoms with Gasteiger partial charge in [0, 0.05) is 5.39 Å². The number of nitrogens with one attached hydrogen (secondary N) is 1. The lowest BCUT2D eigenvalue weighted by atomic mass is 10.2. The Balaban J connectivity index is 2.22. The summed E-state index contributed by atoms with van der Waals surface area (Å²) in [5, 5.41) is 0.924. The van der Waals surface area contributed by atoms with Gasteiger partial charge in [0.25, 0.3) is 0 Å². The first kappa shape index (κ1) is 12.8. The molecule has 0 radical (unpaired) electrons. The zero-order valence-electron chi connectivity index (χ0n) is 10.3. The van der Waals surface area contributed by atoms with Crippen LogP contribution in [0.2, 0.25) is 0 Å². The summed E-state index contributed by atoms with van der Waals surface area (Å²) < 4.78 is 26.1. The molecule has 0 fully saturated rings. The minimum atomic E-state index is -3.26. The highest BCUT2D eigenvalue weighted by molar-refractivity contribution is 7.92. The fourth-order valence-corrected chi connectivity index (χ4v) is 2.93. The molecule has 1 aromatic carbocycles. The fourth-order valence-electron chi connectivity index (χ4n) is 1.69. The van der Waals surface area contributed by atoms with Crippen LogP contribution in [0.3, 0.4) is 0 Å². The summed E-state index contributed by atoms with van der Waals surface area (Å²) in [5.74, 6) is 0.149. The number of aromatic nitrogens is 1. The number of para-hydroxylation sites is 1. The Hall–Kier alpha value is -1.62. The number of rotatable bonds is 5. The van der Waals surface area contributed by atoms with Crippen molar-refractivity contribution in [3.8, 4) is 0 Å². The van der Waals surface area contributed by atoms with E-state index < -0.39 is 10.0 Å². The molecule has 1 heterocycles. The van der Waals surface area contributed by atoms with E-state index in [0.717, 1.165) is 17.3 Å². The van der Waals surface area contributed by atoms with Crippen LogP contribution in [0.25, 0.3) is 10.9 Å². The number of benzene rings is 1. The molecule has 0 aliphatic carbocycles. The molecule has 0 spiro atoms. The monoisotopic (exact) mass is 264 g/mol. The van der Waals surface area contributed by atoms with Gasteiger partial charge in [0.05, 0.1) is 23.2 Å². The van der Waals surface area contributed by atoms with Gasteiger partial charge >= 0.3 is 0 Å². The summed E-state index contributed by atoms with van der Waals surface area (Å²) in [7, 11) is -3.26. The van der Waals surface area contributed by atoms with Gasteiger partial charge in [0.1, 0.15) is 0 Å². The van der Waals surface area contributed by atoms with Crippen LogP contribution >= 0.6 is 0 Å². The van der Waals surface area contributed by atoms with E-state index in [9.17, 15) is 8.42 Å². The molecule has 2 rings (SSSR count).